The minimum absolute atomic E-state index is 0.0190. The zero-order valence-corrected chi connectivity index (χ0v) is 24.0. The molecule has 3 N–H and O–H groups in total. The van der Waals surface area contributed by atoms with Crippen molar-refractivity contribution in [2.75, 3.05) is 5.88 Å². The predicted molar refractivity (Wildman–Crippen MR) is 157 cm³/mol. The van der Waals surface area contributed by atoms with E-state index in [0.29, 0.717) is 5.56 Å². The number of phenols is 1. The summed E-state index contributed by atoms with van der Waals surface area (Å²) in [6, 6.07) is 12.2. The van der Waals surface area contributed by atoms with Gasteiger partial charge in [-0.1, -0.05) is 61.7 Å². The Hall–Kier alpha value is -3.30. The van der Waals surface area contributed by atoms with E-state index in [2.05, 4.69) is 11.9 Å². The van der Waals surface area contributed by atoms with Gasteiger partial charge in [0.05, 0.1) is 17.3 Å². The van der Waals surface area contributed by atoms with E-state index in [9.17, 15) is 24.6 Å². The molecule has 8 nitrogen and oxygen atoms in total. The number of aliphatic hydroxyl groups excluding tert-OH is 1. The molecule has 4 rings (SSSR count). The Bertz CT molecular complexity index is 1220. The Morgan fingerprint density at radius 1 is 1.12 bits per heavy atom. The molecule has 1 saturated carbocycles. The maximum Gasteiger partial charge on any atom is 0.255 e. The van der Waals surface area contributed by atoms with Crippen molar-refractivity contribution < 1.29 is 24.6 Å². The highest BCUT2D eigenvalue weighted by atomic mass is 32.2. The van der Waals surface area contributed by atoms with E-state index in [4.69, 9.17) is 0 Å². The standard InChI is InChI=1S/C31H39N3O5S/c1-4-26-30(38)34(23-14-9-6-10-15-23)21(3)40-19-33(26)31(39)28(36)25(18-22-12-7-5-8-13-22)32-29(37)24-16-11-17-27(35)20(24)2/h4-5,7-8,11-13,16-17,21,23,25-26,28,35-36H,1,6,9-10,14-15,18-19H2,2-3H3,(H,32,37)/t21?,25-,26-,28-/m0/s1. The first-order valence-corrected chi connectivity index (χ1v) is 15.0. The first kappa shape index (κ1) is 29.7. The zero-order valence-electron chi connectivity index (χ0n) is 23.2. The Balaban J connectivity index is 1.59. The minimum Gasteiger partial charge on any atom is -0.508 e. The van der Waals surface area contributed by atoms with Gasteiger partial charge in [0.2, 0.25) is 0 Å². The maximum absolute atomic E-state index is 13.9. The van der Waals surface area contributed by atoms with Gasteiger partial charge in [-0.15, -0.1) is 18.3 Å². The van der Waals surface area contributed by atoms with Crippen LogP contribution in [-0.4, -0.2) is 73.2 Å². The summed E-state index contributed by atoms with van der Waals surface area (Å²) in [5.74, 6) is -1.15. The molecule has 0 radical (unpaired) electrons. The number of nitrogens with one attached hydrogen (secondary N) is 1. The van der Waals surface area contributed by atoms with E-state index in [-0.39, 0.29) is 40.9 Å². The zero-order chi connectivity index (χ0) is 28.8. The number of thioether (sulfide) groups is 1. The van der Waals surface area contributed by atoms with Gasteiger partial charge >= 0.3 is 0 Å². The van der Waals surface area contributed by atoms with Crippen LogP contribution in [0.2, 0.25) is 0 Å². The molecule has 2 fully saturated rings. The molecule has 0 bridgehead atoms. The number of amides is 3. The molecule has 9 heteroatoms. The van der Waals surface area contributed by atoms with Crippen LogP contribution in [0.25, 0.3) is 0 Å². The molecule has 3 amide bonds. The average Bonchev–Trinajstić information content (AvgIpc) is 3.09. The van der Waals surface area contributed by atoms with Crippen molar-refractivity contribution in [3.63, 3.8) is 0 Å². The molecule has 2 aromatic rings. The number of rotatable bonds is 8. The highest BCUT2D eigenvalue weighted by Gasteiger charge is 2.42. The Kier molecular flexibility index (Phi) is 9.92. The second kappa shape index (κ2) is 13.4. The number of nitrogens with zero attached hydrogens (tertiary/aromatic N) is 2. The fourth-order valence-corrected chi connectivity index (χ4v) is 6.75. The van der Waals surface area contributed by atoms with Gasteiger partial charge in [0.1, 0.15) is 11.8 Å². The van der Waals surface area contributed by atoms with Crippen LogP contribution in [0.1, 0.15) is 60.5 Å². The number of phenolic OH excluding ortho intramolecular Hbond substituents is 1. The van der Waals surface area contributed by atoms with Gasteiger partial charge in [0.25, 0.3) is 17.7 Å². The Morgan fingerprint density at radius 2 is 1.82 bits per heavy atom. The molecule has 0 spiro atoms. The van der Waals surface area contributed by atoms with Crippen molar-refractivity contribution in [3.8, 4) is 5.75 Å². The second-order valence-corrected chi connectivity index (χ2v) is 11.9. The monoisotopic (exact) mass is 565 g/mol. The van der Waals surface area contributed by atoms with Gasteiger partial charge in [-0.3, -0.25) is 14.4 Å². The van der Waals surface area contributed by atoms with Gasteiger partial charge in [0, 0.05) is 17.2 Å². The number of hydrogen-bond donors (Lipinski definition) is 3. The molecule has 1 aliphatic carbocycles. The molecule has 1 heterocycles. The largest absolute Gasteiger partial charge is 0.508 e. The molecule has 2 aliphatic rings. The summed E-state index contributed by atoms with van der Waals surface area (Å²) in [4.78, 5) is 44.2. The third-order valence-corrected chi connectivity index (χ3v) is 9.10. The van der Waals surface area contributed by atoms with Crippen LogP contribution >= 0.6 is 11.8 Å². The van der Waals surface area contributed by atoms with Crippen LogP contribution in [0.15, 0.2) is 61.2 Å². The summed E-state index contributed by atoms with van der Waals surface area (Å²) < 4.78 is 0. The van der Waals surface area contributed by atoms with E-state index in [1.54, 1.807) is 19.1 Å². The van der Waals surface area contributed by atoms with Gasteiger partial charge in [-0.05, 0) is 50.8 Å². The first-order chi connectivity index (χ1) is 19.2. The lowest BCUT2D eigenvalue weighted by Gasteiger charge is -2.38. The van der Waals surface area contributed by atoms with Crippen molar-refractivity contribution in [2.45, 2.75) is 82.0 Å². The van der Waals surface area contributed by atoms with Crippen LogP contribution in [0.4, 0.5) is 0 Å². The topological polar surface area (TPSA) is 110 Å². The molecular weight excluding hydrogens is 526 g/mol. The lowest BCUT2D eigenvalue weighted by Crippen LogP contribution is -2.57. The summed E-state index contributed by atoms with van der Waals surface area (Å²) in [5, 5.41) is 24.3. The fraction of sp³-hybridized carbons (Fsp3) is 0.452. The van der Waals surface area contributed by atoms with Crippen molar-refractivity contribution >= 4 is 29.5 Å². The normalized spacial score (nSPS) is 21.8. The highest BCUT2D eigenvalue weighted by Crippen LogP contribution is 2.33. The molecule has 4 atom stereocenters. The first-order valence-electron chi connectivity index (χ1n) is 13.9. The molecule has 2 aromatic carbocycles. The number of carbonyl (C=O) groups is 3. The van der Waals surface area contributed by atoms with Crippen LogP contribution in [0.3, 0.4) is 0 Å². The number of hydrogen-bond acceptors (Lipinski definition) is 6. The smallest absolute Gasteiger partial charge is 0.255 e. The third kappa shape index (κ3) is 6.53. The summed E-state index contributed by atoms with van der Waals surface area (Å²) >= 11 is 1.48. The highest BCUT2D eigenvalue weighted by molar-refractivity contribution is 7.99. The van der Waals surface area contributed by atoms with Crippen LogP contribution < -0.4 is 5.32 Å². The second-order valence-electron chi connectivity index (χ2n) is 10.6. The predicted octanol–water partition coefficient (Wildman–Crippen LogP) is 4.00. The van der Waals surface area contributed by atoms with Gasteiger partial charge in [-0.25, -0.2) is 0 Å². The molecule has 1 saturated heterocycles. The maximum atomic E-state index is 13.9. The number of benzene rings is 2. The number of aliphatic hydroxyl groups is 1. The average molecular weight is 566 g/mol. The number of carbonyl (C=O) groups excluding carboxylic acids is 3. The van der Waals surface area contributed by atoms with Crippen molar-refractivity contribution in [3.05, 3.63) is 77.9 Å². The molecule has 1 unspecified atom stereocenters. The molecular formula is C31H39N3O5S. The fourth-order valence-electron chi connectivity index (χ4n) is 5.65. The minimum atomic E-state index is -1.62. The third-order valence-electron chi connectivity index (χ3n) is 7.96. The van der Waals surface area contributed by atoms with Gasteiger partial charge in [-0.2, -0.15) is 0 Å². The van der Waals surface area contributed by atoms with E-state index < -0.39 is 30.0 Å². The Morgan fingerprint density at radius 3 is 2.50 bits per heavy atom. The van der Waals surface area contributed by atoms with Crippen LogP contribution in [-0.2, 0) is 16.0 Å². The Labute approximate surface area is 240 Å². The van der Waals surface area contributed by atoms with Crippen molar-refractivity contribution in [2.24, 2.45) is 0 Å². The summed E-state index contributed by atoms with van der Waals surface area (Å²) in [5.41, 5.74) is 1.47. The van der Waals surface area contributed by atoms with E-state index >= 15 is 0 Å². The van der Waals surface area contributed by atoms with Crippen LogP contribution in [0.5, 0.6) is 5.75 Å². The SMILES string of the molecule is C=C[C@H]1C(=O)N(C2CCCCC2)C(C)SCN1C(=O)[C@@H](O)[C@H](Cc1ccccc1)NC(=O)c1cccc(O)c1C. The van der Waals surface area contributed by atoms with E-state index in [0.717, 1.165) is 31.2 Å². The van der Waals surface area contributed by atoms with E-state index in [1.165, 1.54) is 35.2 Å². The number of aromatic hydroxyl groups is 1. The molecule has 0 aromatic heterocycles. The van der Waals surface area contributed by atoms with Gasteiger partial charge < -0.3 is 25.3 Å². The summed E-state index contributed by atoms with van der Waals surface area (Å²) in [7, 11) is 0. The summed E-state index contributed by atoms with van der Waals surface area (Å²) in [6.07, 6.45) is 5.25. The van der Waals surface area contributed by atoms with E-state index in [1.807, 2.05) is 42.2 Å². The molecule has 40 heavy (non-hydrogen) atoms. The molecule has 214 valence electrons. The quantitative estimate of drug-likeness (QED) is 0.418. The molecule has 1 aliphatic heterocycles. The summed E-state index contributed by atoms with van der Waals surface area (Å²) in [6.45, 7) is 7.48. The lowest BCUT2D eigenvalue weighted by molar-refractivity contribution is -0.149. The lowest BCUT2D eigenvalue weighted by atomic mass is 9.93. The van der Waals surface area contributed by atoms with Crippen LogP contribution in [0, 0.1) is 6.92 Å². The van der Waals surface area contributed by atoms with Crippen molar-refractivity contribution in [1.29, 1.82) is 0 Å². The van der Waals surface area contributed by atoms with Crippen molar-refractivity contribution in [1.82, 2.24) is 15.1 Å². The van der Waals surface area contributed by atoms with Gasteiger partial charge in [0.15, 0.2) is 6.10 Å².